The van der Waals surface area contributed by atoms with Crippen molar-refractivity contribution in [2.75, 3.05) is 13.1 Å². The lowest BCUT2D eigenvalue weighted by atomic mass is 10.1. The third-order valence-electron chi connectivity index (χ3n) is 3.83. The summed E-state index contributed by atoms with van der Waals surface area (Å²) in [6.07, 6.45) is 5.18. The zero-order valence-corrected chi connectivity index (χ0v) is 9.56. The Bertz CT molecular complexity index is 287. The number of β-amino-alcohol motifs (C(OH)–C–C–N with tert-alkyl or cyclic N) is 1. The average Bonchev–Trinajstić information content (AvgIpc) is 3.15. The SMILES string of the molecule is O=C(C1CC(O)CN1)N(CC1CC1)C1CC1. The quantitative estimate of drug-likeness (QED) is 0.712. The summed E-state index contributed by atoms with van der Waals surface area (Å²) >= 11 is 0. The first-order valence-electron chi connectivity index (χ1n) is 6.46. The Balaban J connectivity index is 1.60. The largest absolute Gasteiger partial charge is 0.392 e. The number of amides is 1. The normalized spacial score (nSPS) is 34.1. The second kappa shape index (κ2) is 4.00. The number of carbonyl (C=O) groups is 1. The lowest BCUT2D eigenvalue weighted by Gasteiger charge is -2.25. The minimum atomic E-state index is -0.337. The van der Waals surface area contributed by atoms with E-state index >= 15 is 0 Å². The van der Waals surface area contributed by atoms with Crippen LogP contribution in [-0.2, 0) is 4.79 Å². The first-order chi connectivity index (χ1) is 7.74. The van der Waals surface area contributed by atoms with E-state index in [0.29, 0.717) is 19.0 Å². The van der Waals surface area contributed by atoms with Crippen molar-refractivity contribution in [1.29, 1.82) is 0 Å². The van der Waals surface area contributed by atoms with Crippen LogP contribution in [0, 0.1) is 5.92 Å². The summed E-state index contributed by atoms with van der Waals surface area (Å²) in [5.74, 6) is 0.988. The molecule has 2 aliphatic carbocycles. The maximum atomic E-state index is 12.3. The molecule has 3 rings (SSSR count). The highest BCUT2D eigenvalue weighted by atomic mass is 16.3. The minimum Gasteiger partial charge on any atom is -0.392 e. The van der Waals surface area contributed by atoms with Crippen LogP contribution in [0.3, 0.4) is 0 Å². The van der Waals surface area contributed by atoms with Crippen molar-refractivity contribution in [3.05, 3.63) is 0 Å². The maximum absolute atomic E-state index is 12.3. The number of nitrogens with zero attached hydrogens (tertiary/aromatic N) is 1. The highest BCUT2D eigenvalue weighted by Crippen LogP contribution is 2.35. The van der Waals surface area contributed by atoms with Crippen molar-refractivity contribution in [1.82, 2.24) is 10.2 Å². The van der Waals surface area contributed by atoms with Gasteiger partial charge < -0.3 is 15.3 Å². The van der Waals surface area contributed by atoms with Crippen molar-refractivity contribution >= 4 is 5.91 Å². The molecule has 3 fully saturated rings. The van der Waals surface area contributed by atoms with Crippen LogP contribution in [-0.4, -0.2) is 47.2 Å². The molecule has 0 aromatic rings. The third kappa shape index (κ3) is 2.23. The number of rotatable bonds is 4. The molecule has 4 nitrogen and oxygen atoms in total. The van der Waals surface area contributed by atoms with E-state index < -0.39 is 0 Å². The third-order valence-corrected chi connectivity index (χ3v) is 3.83. The van der Waals surface area contributed by atoms with Crippen LogP contribution < -0.4 is 5.32 Å². The molecule has 0 bridgehead atoms. The van der Waals surface area contributed by atoms with E-state index in [1.807, 2.05) is 0 Å². The number of hydrogen-bond donors (Lipinski definition) is 2. The number of nitrogens with one attached hydrogen (secondary N) is 1. The monoisotopic (exact) mass is 224 g/mol. The zero-order chi connectivity index (χ0) is 11.1. The second-order valence-electron chi connectivity index (χ2n) is 5.52. The second-order valence-corrected chi connectivity index (χ2v) is 5.52. The first kappa shape index (κ1) is 10.5. The van der Waals surface area contributed by atoms with Crippen LogP contribution in [0.25, 0.3) is 0 Å². The molecule has 0 aromatic heterocycles. The Kier molecular flexibility index (Phi) is 2.64. The molecule has 0 radical (unpaired) electrons. The van der Waals surface area contributed by atoms with Crippen molar-refractivity contribution in [2.24, 2.45) is 5.92 Å². The van der Waals surface area contributed by atoms with E-state index in [-0.39, 0.29) is 18.1 Å². The van der Waals surface area contributed by atoms with Gasteiger partial charge in [0.15, 0.2) is 0 Å². The van der Waals surface area contributed by atoms with Crippen LogP contribution in [0.15, 0.2) is 0 Å². The van der Waals surface area contributed by atoms with Crippen LogP contribution >= 0.6 is 0 Å². The topological polar surface area (TPSA) is 52.6 Å². The number of carbonyl (C=O) groups excluding carboxylic acids is 1. The Morgan fingerprint density at radius 1 is 1.31 bits per heavy atom. The fourth-order valence-corrected chi connectivity index (χ4v) is 2.49. The van der Waals surface area contributed by atoms with E-state index in [9.17, 15) is 9.90 Å². The maximum Gasteiger partial charge on any atom is 0.240 e. The standard InChI is InChI=1S/C12H20N2O2/c15-10-5-11(13-6-10)12(16)14(9-3-4-9)7-8-1-2-8/h8-11,13,15H,1-7H2. The van der Waals surface area contributed by atoms with Crippen molar-refractivity contribution in [2.45, 2.75) is 50.3 Å². The minimum absolute atomic E-state index is 0.130. The van der Waals surface area contributed by atoms with Crippen molar-refractivity contribution in [3.8, 4) is 0 Å². The van der Waals surface area contributed by atoms with Gasteiger partial charge in [-0.25, -0.2) is 0 Å². The molecule has 1 amide bonds. The number of aliphatic hydroxyl groups is 1. The van der Waals surface area contributed by atoms with Crippen molar-refractivity contribution in [3.63, 3.8) is 0 Å². The predicted octanol–water partition coefficient (Wildman–Crippen LogP) is 0.110. The summed E-state index contributed by atoms with van der Waals surface area (Å²) in [7, 11) is 0. The number of hydrogen-bond acceptors (Lipinski definition) is 3. The molecule has 1 aliphatic heterocycles. The van der Waals surface area contributed by atoms with Gasteiger partial charge in [0, 0.05) is 19.1 Å². The van der Waals surface area contributed by atoms with Gasteiger partial charge in [-0.05, 0) is 38.0 Å². The molecule has 2 N–H and O–H groups in total. The molecule has 2 atom stereocenters. The van der Waals surface area contributed by atoms with Gasteiger partial charge in [0.05, 0.1) is 12.1 Å². The molecule has 4 heteroatoms. The van der Waals surface area contributed by atoms with E-state index in [0.717, 1.165) is 12.5 Å². The Labute approximate surface area is 96.0 Å². The van der Waals surface area contributed by atoms with E-state index in [1.54, 1.807) is 0 Å². The first-order valence-corrected chi connectivity index (χ1v) is 6.46. The molecule has 1 heterocycles. The molecule has 2 saturated carbocycles. The lowest BCUT2D eigenvalue weighted by molar-refractivity contribution is -0.134. The molecule has 90 valence electrons. The van der Waals surface area contributed by atoms with Gasteiger partial charge in [-0.3, -0.25) is 4.79 Å². The smallest absolute Gasteiger partial charge is 0.240 e. The fraction of sp³-hybridized carbons (Fsp3) is 0.917. The van der Waals surface area contributed by atoms with Crippen LogP contribution in [0.1, 0.15) is 32.1 Å². The van der Waals surface area contributed by atoms with Crippen LogP contribution in [0.5, 0.6) is 0 Å². The van der Waals surface area contributed by atoms with Crippen LogP contribution in [0.4, 0.5) is 0 Å². The van der Waals surface area contributed by atoms with Crippen LogP contribution in [0.2, 0.25) is 0 Å². The van der Waals surface area contributed by atoms with Gasteiger partial charge in [0.1, 0.15) is 0 Å². The summed E-state index contributed by atoms with van der Waals surface area (Å²) < 4.78 is 0. The van der Waals surface area contributed by atoms with Gasteiger partial charge in [0.2, 0.25) is 5.91 Å². The molecule has 16 heavy (non-hydrogen) atoms. The van der Waals surface area contributed by atoms with Crippen molar-refractivity contribution < 1.29 is 9.90 Å². The Morgan fingerprint density at radius 2 is 2.06 bits per heavy atom. The Morgan fingerprint density at radius 3 is 2.56 bits per heavy atom. The van der Waals surface area contributed by atoms with E-state index in [1.165, 1.54) is 25.7 Å². The lowest BCUT2D eigenvalue weighted by Crippen LogP contribution is -2.45. The molecular weight excluding hydrogens is 204 g/mol. The van der Waals surface area contributed by atoms with Gasteiger partial charge in [-0.1, -0.05) is 0 Å². The van der Waals surface area contributed by atoms with Gasteiger partial charge in [-0.2, -0.15) is 0 Å². The summed E-state index contributed by atoms with van der Waals surface area (Å²) in [6.45, 7) is 1.52. The highest BCUT2D eigenvalue weighted by Gasteiger charge is 2.40. The summed E-state index contributed by atoms with van der Waals surface area (Å²) in [6, 6.07) is 0.377. The summed E-state index contributed by atoms with van der Waals surface area (Å²) in [5, 5.41) is 12.6. The summed E-state index contributed by atoms with van der Waals surface area (Å²) in [4.78, 5) is 14.4. The Hall–Kier alpha value is -0.610. The van der Waals surface area contributed by atoms with E-state index in [4.69, 9.17) is 0 Å². The highest BCUT2D eigenvalue weighted by molar-refractivity contribution is 5.83. The molecule has 3 aliphatic rings. The average molecular weight is 224 g/mol. The van der Waals surface area contributed by atoms with Gasteiger partial charge in [0.25, 0.3) is 0 Å². The zero-order valence-electron chi connectivity index (χ0n) is 9.56. The van der Waals surface area contributed by atoms with Gasteiger partial charge in [-0.15, -0.1) is 0 Å². The molecular formula is C12H20N2O2. The van der Waals surface area contributed by atoms with E-state index in [2.05, 4.69) is 10.2 Å². The van der Waals surface area contributed by atoms with Gasteiger partial charge >= 0.3 is 0 Å². The molecule has 1 saturated heterocycles. The summed E-state index contributed by atoms with van der Waals surface area (Å²) in [5.41, 5.74) is 0. The molecule has 0 aromatic carbocycles. The molecule has 2 unspecified atom stereocenters. The molecule has 0 spiro atoms. The number of aliphatic hydroxyl groups excluding tert-OH is 1. The predicted molar refractivity (Wildman–Crippen MR) is 59.9 cm³/mol. The fourth-order valence-electron chi connectivity index (χ4n) is 2.49.